The summed E-state index contributed by atoms with van der Waals surface area (Å²) in [5.41, 5.74) is 1.44. The van der Waals surface area contributed by atoms with Gasteiger partial charge < -0.3 is 30.1 Å². The number of amides is 3. The highest BCUT2D eigenvalue weighted by molar-refractivity contribution is 5.99. The van der Waals surface area contributed by atoms with E-state index in [4.69, 9.17) is 9.47 Å². The van der Waals surface area contributed by atoms with Crippen molar-refractivity contribution in [1.29, 1.82) is 0 Å². The summed E-state index contributed by atoms with van der Waals surface area (Å²) in [5.74, 6) is -0.244. The molecular formula is C30H43N3O6. The van der Waals surface area contributed by atoms with Crippen molar-refractivity contribution >= 4 is 23.6 Å². The van der Waals surface area contributed by atoms with Crippen LogP contribution in [0, 0.1) is 5.92 Å². The Morgan fingerprint density at radius 1 is 1.00 bits per heavy atom. The van der Waals surface area contributed by atoms with E-state index >= 15 is 0 Å². The number of methoxy groups -OCH3 is 1. The first-order chi connectivity index (χ1) is 18.4. The topological polar surface area (TPSA) is 117 Å². The molecule has 2 aromatic rings. The van der Waals surface area contributed by atoms with Crippen molar-refractivity contribution in [1.82, 2.24) is 10.2 Å². The quantitative estimate of drug-likeness (QED) is 0.359. The van der Waals surface area contributed by atoms with Gasteiger partial charge in [0.05, 0.1) is 13.7 Å². The first kappa shape index (κ1) is 31.6. The molecule has 2 atom stereocenters. The lowest BCUT2D eigenvalue weighted by atomic mass is 9.98. The number of ether oxygens (including phenoxy) is 2. The van der Waals surface area contributed by atoms with Crippen molar-refractivity contribution in [2.45, 2.75) is 72.1 Å². The molecule has 0 radical (unpaired) electrons. The second-order valence-electron chi connectivity index (χ2n) is 10.8. The molecule has 0 saturated heterocycles. The number of nitrogens with zero attached hydrogens (tertiary/aromatic N) is 1. The summed E-state index contributed by atoms with van der Waals surface area (Å²) in [6, 6.07) is 12.3. The van der Waals surface area contributed by atoms with Crippen molar-refractivity contribution in [3.05, 3.63) is 59.7 Å². The van der Waals surface area contributed by atoms with Crippen molar-refractivity contribution < 1.29 is 29.0 Å². The highest BCUT2D eigenvalue weighted by atomic mass is 16.6. The first-order valence-corrected chi connectivity index (χ1v) is 13.3. The highest BCUT2D eigenvalue weighted by Gasteiger charge is 2.36. The Morgan fingerprint density at radius 3 is 2.10 bits per heavy atom. The molecule has 9 heteroatoms. The van der Waals surface area contributed by atoms with Crippen LogP contribution in [0.3, 0.4) is 0 Å². The number of carbonyl (C=O) groups excluding carboxylic acids is 3. The minimum atomic E-state index is -1.06. The summed E-state index contributed by atoms with van der Waals surface area (Å²) in [4.78, 5) is 41.7. The number of hydrogen-bond donors (Lipinski definition) is 3. The molecule has 2 unspecified atom stereocenters. The third-order valence-electron chi connectivity index (χ3n) is 5.94. The van der Waals surface area contributed by atoms with E-state index in [1.807, 2.05) is 45.0 Å². The van der Waals surface area contributed by atoms with E-state index in [-0.39, 0.29) is 19.1 Å². The maximum absolute atomic E-state index is 14.0. The number of alkyl carbamates (subject to hydrolysis) is 1. The number of anilines is 1. The van der Waals surface area contributed by atoms with Gasteiger partial charge in [0.25, 0.3) is 5.91 Å². The molecule has 3 N–H and O–H groups in total. The molecule has 0 heterocycles. The molecule has 0 bridgehead atoms. The van der Waals surface area contributed by atoms with Crippen LogP contribution in [0.1, 0.15) is 65.1 Å². The van der Waals surface area contributed by atoms with Gasteiger partial charge in [-0.1, -0.05) is 45.0 Å². The Balaban J connectivity index is 2.48. The minimum Gasteiger partial charge on any atom is -0.497 e. The molecular weight excluding hydrogens is 498 g/mol. The number of nitrogens with one attached hydrogen (secondary N) is 2. The van der Waals surface area contributed by atoms with Crippen molar-refractivity contribution in [2.75, 3.05) is 25.6 Å². The van der Waals surface area contributed by atoms with Gasteiger partial charge in [-0.25, -0.2) is 4.79 Å². The maximum atomic E-state index is 14.0. The average Bonchev–Trinajstić information content (AvgIpc) is 2.87. The molecule has 0 aromatic heterocycles. The van der Waals surface area contributed by atoms with E-state index in [0.29, 0.717) is 23.4 Å². The van der Waals surface area contributed by atoms with Crippen LogP contribution in [0.4, 0.5) is 10.5 Å². The second kappa shape index (κ2) is 14.5. The summed E-state index contributed by atoms with van der Waals surface area (Å²) < 4.78 is 10.6. The van der Waals surface area contributed by atoms with Crippen LogP contribution in [0.15, 0.2) is 48.5 Å². The van der Waals surface area contributed by atoms with Gasteiger partial charge in [0.2, 0.25) is 5.91 Å². The zero-order valence-electron chi connectivity index (χ0n) is 24.1. The normalized spacial score (nSPS) is 12.8. The second-order valence-corrected chi connectivity index (χ2v) is 10.8. The van der Waals surface area contributed by atoms with Gasteiger partial charge >= 0.3 is 6.09 Å². The number of aryl methyl sites for hydroxylation is 1. The number of hydrogen-bond acceptors (Lipinski definition) is 6. The molecule has 0 fully saturated rings. The van der Waals surface area contributed by atoms with Gasteiger partial charge in [0, 0.05) is 12.2 Å². The molecule has 2 aromatic carbocycles. The summed E-state index contributed by atoms with van der Waals surface area (Å²) in [6.07, 6.45) is 0.414. The van der Waals surface area contributed by atoms with Crippen LogP contribution in [0.5, 0.6) is 5.75 Å². The van der Waals surface area contributed by atoms with Gasteiger partial charge in [-0.2, -0.15) is 0 Å². The van der Waals surface area contributed by atoms with E-state index in [1.54, 1.807) is 52.1 Å². The lowest BCUT2D eigenvalue weighted by Crippen LogP contribution is -2.53. The Hall–Kier alpha value is -3.59. The van der Waals surface area contributed by atoms with Crippen molar-refractivity contribution in [3.8, 4) is 5.75 Å². The number of aliphatic hydroxyl groups excluding tert-OH is 1. The van der Waals surface area contributed by atoms with Gasteiger partial charge in [-0.05, 0) is 74.9 Å². The number of rotatable bonds is 12. The Bertz CT molecular complexity index is 1080. The largest absolute Gasteiger partial charge is 0.497 e. The Morgan fingerprint density at radius 2 is 1.62 bits per heavy atom. The lowest BCUT2D eigenvalue weighted by Gasteiger charge is -2.34. The summed E-state index contributed by atoms with van der Waals surface area (Å²) >= 11 is 0. The molecule has 9 nitrogen and oxygen atoms in total. The van der Waals surface area contributed by atoms with Crippen LogP contribution < -0.4 is 15.4 Å². The number of benzene rings is 2. The first-order valence-electron chi connectivity index (χ1n) is 13.3. The lowest BCUT2D eigenvalue weighted by molar-refractivity contribution is -0.141. The molecule has 3 amide bonds. The van der Waals surface area contributed by atoms with Gasteiger partial charge in [0.1, 0.15) is 23.4 Å². The fraction of sp³-hybridized carbons (Fsp3) is 0.500. The predicted octanol–water partition coefficient (Wildman–Crippen LogP) is 4.70. The smallest absolute Gasteiger partial charge is 0.408 e. The Kier molecular flexibility index (Phi) is 11.8. The molecule has 0 aliphatic heterocycles. The fourth-order valence-corrected chi connectivity index (χ4v) is 4.11. The maximum Gasteiger partial charge on any atom is 0.408 e. The van der Waals surface area contributed by atoms with E-state index in [0.717, 1.165) is 12.0 Å². The third kappa shape index (κ3) is 9.90. The minimum absolute atomic E-state index is 0.0558. The molecule has 2 rings (SSSR count). The summed E-state index contributed by atoms with van der Waals surface area (Å²) in [5, 5.41) is 15.5. The summed E-state index contributed by atoms with van der Waals surface area (Å²) in [7, 11) is 1.56. The average molecular weight is 542 g/mol. The molecule has 0 spiro atoms. The molecule has 214 valence electrons. The fourth-order valence-electron chi connectivity index (χ4n) is 4.11. The monoisotopic (exact) mass is 541 g/mol. The highest BCUT2D eigenvalue weighted by Crippen LogP contribution is 2.26. The van der Waals surface area contributed by atoms with E-state index in [2.05, 4.69) is 10.6 Å². The van der Waals surface area contributed by atoms with Crippen LogP contribution in [0.25, 0.3) is 0 Å². The van der Waals surface area contributed by atoms with Crippen LogP contribution in [-0.4, -0.2) is 59.8 Å². The van der Waals surface area contributed by atoms with Gasteiger partial charge in [-0.3, -0.25) is 9.59 Å². The van der Waals surface area contributed by atoms with Crippen molar-refractivity contribution in [3.63, 3.8) is 0 Å². The number of carbonyl (C=O) groups is 3. The standard InChI is InChI=1S/C30H43N3O6/c1-8-21-9-11-22(12-10-21)26(27(35)31-23-13-15-24(38-7)16-14-23)33(17-18-34)28(36)25(19-20(2)3)32-29(37)39-30(4,5)6/h9-16,20,25-26,34H,8,17-19H2,1-7H3,(H,31,35)(H,32,37). The Labute approximate surface area is 231 Å². The van der Waals surface area contributed by atoms with Gasteiger partial charge in [0.15, 0.2) is 0 Å². The van der Waals surface area contributed by atoms with E-state index < -0.39 is 35.6 Å². The zero-order chi connectivity index (χ0) is 29.2. The summed E-state index contributed by atoms with van der Waals surface area (Å²) in [6.45, 7) is 10.6. The molecule has 0 saturated carbocycles. The van der Waals surface area contributed by atoms with E-state index in [9.17, 15) is 19.5 Å². The molecule has 39 heavy (non-hydrogen) atoms. The SMILES string of the molecule is CCc1ccc(C(C(=O)Nc2ccc(OC)cc2)N(CCO)C(=O)C(CC(C)C)NC(=O)OC(C)(C)C)cc1. The third-order valence-corrected chi connectivity index (χ3v) is 5.94. The van der Waals surface area contributed by atoms with Gasteiger partial charge in [-0.15, -0.1) is 0 Å². The van der Waals surface area contributed by atoms with Crippen molar-refractivity contribution in [2.24, 2.45) is 5.92 Å². The van der Waals surface area contributed by atoms with Crippen LogP contribution >= 0.6 is 0 Å². The zero-order valence-corrected chi connectivity index (χ0v) is 24.1. The number of aliphatic hydroxyl groups is 1. The predicted molar refractivity (Wildman–Crippen MR) is 152 cm³/mol. The molecule has 0 aliphatic carbocycles. The van der Waals surface area contributed by atoms with Crippen LogP contribution in [0.2, 0.25) is 0 Å². The van der Waals surface area contributed by atoms with E-state index in [1.165, 1.54) is 4.90 Å². The molecule has 0 aliphatic rings. The van der Waals surface area contributed by atoms with Crippen LogP contribution in [-0.2, 0) is 20.7 Å².